The lowest BCUT2D eigenvalue weighted by atomic mass is 10.2. The van der Waals surface area contributed by atoms with E-state index >= 15 is 0 Å². The Kier molecular flexibility index (Phi) is 4.45. The molecule has 0 aliphatic carbocycles. The number of aliphatic hydroxyl groups is 1. The van der Waals surface area contributed by atoms with Gasteiger partial charge in [0.2, 0.25) is 10.0 Å². The summed E-state index contributed by atoms with van der Waals surface area (Å²) in [6.07, 6.45) is 0.374. The van der Waals surface area contributed by atoms with Gasteiger partial charge in [0.1, 0.15) is 16.8 Å². The number of primary sulfonamides is 1. The normalized spacial score (nSPS) is 12.8. The lowest BCUT2D eigenvalue weighted by Crippen LogP contribution is -2.18. The molecule has 22 heavy (non-hydrogen) atoms. The topological polar surface area (TPSA) is 149 Å². The number of nitrogens with zero attached hydrogens (tertiary/aromatic N) is 1. The number of rotatable bonds is 6. The van der Waals surface area contributed by atoms with Crippen molar-refractivity contribution in [2.45, 2.75) is 11.0 Å². The molecule has 0 saturated carbocycles. The number of hydrogen-bond acceptors (Lipinski definition) is 7. The maximum absolute atomic E-state index is 11.5. The van der Waals surface area contributed by atoms with Crippen LogP contribution in [0.25, 0.3) is 0 Å². The molecule has 0 amide bonds. The van der Waals surface area contributed by atoms with Crippen LogP contribution in [-0.4, -0.2) is 25.0 Å². The van der Waals surface area contributed by atoms with Gasteiger partial charge < -0.3 is 14.8 Å². The third-order valence-electron chi connectivity index (χ3n) is 2.84. The number of anilines is 1. The molecule has 0 saturated heterocycles. The van der Waals surface area contributed by atoms with Gasteiger partial charge in [-0.25, -0.2) is 13.6 Å². The van der Waals surface area contributed by atoms with E-state index in [4.69, 9.17) is 9.56 Å². The molecule has 0 aliphatic rings. The Morgan fingerprint density at radius 2 is 2.14 bits per heavy atom. The molecule has 0 bridgehead atoms. The van der Waals surface area contributed by atoms with Crippen LogP contribution in [0.3, 0.4) is 0 Å². The predicted molar refractivity (Wildman–Crippen MR) is 76.6 cm³/mol. The van der Waals surface area contributed by atoms with E-state index in [1.165, 1.54) is 12.3 Å². The SMILES string of the molecule is NS(=O)(=O)c1cc([N+](=O)[O-])ccc1NCC(O)c1ccco1. The first-order valence-electron chi connectivity index (χ1n) is 6.05. The molecule has 118 valence electrons. The number of sulfonamides is 1. The van der Waals surface area contributed by atoms with Crippen LogP contribution < -0.4 is 10.5 Å². The molecule has 1 atom stereocenters. The van der Waals surface area contributed by atoms with Crippen molar-refractivity contribution in [3.05, 3.63) is 52.5 Å². The van der Waals surface area contributed by atoms with Gasteiger partial charge in [-0.05, 0) is 18.2 Å². The summed E-state index contributed by atoms with van der Waals surface area (Å²) in [4.78, 5) is 9.56. The summed E-state index contributed by atoms with van der Waals surface area (Å²) < 4.78 is 28.1. The number of benzene rings is 1. The Hall–Kier alpha value is -2.43. The number of aliphatic hydroxyl groups excluding tert-OH is 1. The van der Waals surface area contributed by atoms with Gasteiger partial charge in [0.15, 0.2) is 0 Å². The number of nitro groups is 1. The van der Waals surface area contributed by atoms with E-state index in [0.29, 0.717) is 5.76 Å². The average molecular weight is 327 g/mol. The average Bonchev–Trinajstić information content (AvgIpc) is 2.97. The van der Waals surface area contributed by atoms with Crippen molar-refractivity contribution in [2.75, 3.05) is 11.9 Å². The smallest absolute Gasteiger partial charge is 0.270 e. The fourth-order valence-electron chi connectivity index (χ4n) is 1.79. The fraction of sp³-hybridized carbons (Fsp3) is 0.167. The Balaban J connectivity index is 2.25. The van der Waals surface area contributed by atoms with Crippen LogP contribution in [0.5, 0.6) is 0 Å². The van der Waals surface area contributed by atoms with Crippen LogP contribution in [-0.2, 0) is 10.0 Å². The molecule has 1 aromatic heterocycles. The minimum atomic E-state index is -4.16. The standard InChI is InChI=1S/C12H13N3O6S/c13-22(19,20)12-6-8(15(17)18)3-4-9(12)14-7-10(16)11-2-1-5-21-11/h1-6,10,14,16H,7H2,(H2,13,19,20). The van der Waals surface area contributed by atoms with E-state index in [9.17, 15) is 23.6 Å². The Morgan fingerprint density at radius 3 is 2.68 bits per heavy atom. The maximum atomic E-state index is 11.5. The number of hydrogen-bond donors (Lipinski definition) is 3. The van der Waals surface area contributed by atoms with Gasteiger partial charge in [-0.3, -0.25) is 10.1 Å². The van der Waals surface area contributed by atoms with Crippen molar-refractivity contribution in [3.63, 3.8) is 0 Å². The third kappa shape index (κ3) is 3.61. The molecule has 1 heterocycles. The van der Waals surface area contributed by atoms with Crippen molar-refractivity contribution in [3.8, 4) is 0 Å². The van der Waals surface area contributed by atoms with Crippen molar-refractivity contribution < 1.29 is 22.9 Å². The fourth-order valence-corrected chi connectivity index (χ4v) is 2.53. The van der Waals surface area contributed by atoms with Crippen molar-refractivity contribution in [1.29, 1.82) is 0 Å². The van der Waals surface area contributed by atoms with Crippen LogP contribution in [0.1, 0.15) is 11.9 Å². The van der Waals surface area contributed by atoms with E-state index in [2.05, 4.69) is 5.32 Å². The van der Waals surface area contributed by atoms with Gasteiger partial charge in [0.05, 0.1) is 16.9 Å². The van der Waals surface area contributed by atoms with Gasteiger partial charge in [-0.15, -0.1) is 0 Å². The molecule has 0 fully saturated rings. The summed E-state index contributed by atoms with van der Waals surface area (Å²) >= 11 is 0. The third-order valence-corrected chi connectivity index (χ3v) is 3.79. The van der Waals surface area contributed by atoms with Gasteiger partial charge in [0.25, 0.3) is 5.69 Å². The molecular formula is C12H13N3O6S. The summed E-state index contributed by atoms with van der Waals surface area (Å²) in [5.41, 5.74) is -0.347. The molecule has 0 spiro atoms. The van der Waals surface area contributed by atoms with E-state index in [1.807, 2.05) is 0 Å². The summed E-state index contributed by atoms with van der Waals surface area (Å²) in [6, 6.07) is 6.36. The number of furan rings is 1. The predicted octanol–water partition coefficient (Wildman–Crippen LogP) is 0.981. The van der Waals surface area contributed by atoms with Gasteiger partial charge in [-0.2, -0.15) is 0 Å². The molecule has 0 aliphatic heterocycles. The number of non-ortho nitro benzene ring substituents is 1. The highest BCUT2D eigenvalue weighted by Crippen LogP contribution is 2.26. The quantitative estimate of drug-likeness (QED) is 0.529. The van der Waals surface area contributed by atoms with Crippen molar-refractivity contribution >= 4 is 21.4 Å². The second kappa shape index (κ2) is 6.13. The van der Waals surface area contributed by atoms with E-state index in [0.717, 1.165) is 12.1 Å². The molecule has 10 heteroatoms. The number of nitrogens with one attached hydrogen (secondary N) is 1. The van der Waals surface area contributed by atoms with Gasteiger partial charge in [-0.1, -0.05) is 0 Å². The lowest BCUT2D eigenvalue weighted by Gasteiger charge is -2.13. The Morgan fingerprint density at radius 1 is 1.41 bits per heavy atom. The zero-order valence-electron chi connectivity index (χ0n) is 11.2. The summed E-state index contributed by atoms with van der Waals surface area (Å²) in [6.45, 7) is -0.0617. The maximum Gasteiger partial charge on any atom is 0.270 e. The molecular weight excluding hydrogens is 314 g/mol. The monoisotopic (exact) mass is 327 g/mol. The van der Waals surface area contributed by atoms with Crippen LogP contribution >= 0.6 is 0 Å². The summed E-state index contributed by atoms with van der Waals surface area (Å²) in [5.74, 6) is 0.298. The van der Waals surface area contributed by atoms with E-state index in [1.54, 1.807) is 12.1 Å². The van der Waals surface area contributed by atoms with E-state index < -0.39 is 31.6 Å². The first-order chi connectivity index (χ1) is 10.3. The van der Waals surface area contributed by atoms with Crippen LogP contribution in [0, 0.1) is 10.1 Å². The molecule has 2 rings (SSSR count). The number of nitro benzene ring substituents is 1. The van der Waals surface area contributed by atoms with Crippen molar-refractivity contribution in [1.82, 2.24) is 0 Å². The summed E-state index contributed by atoms with van der Waals surface area (Å²) in [7, 11) is -4.16. The first-order valence-corrected chi connectivity index (χ1v) is 7.60. The van der Waals surface area contributed by atoms with Crippen LogP contribution in [0.2, 0.25) is 0 Å². The second-order valence-electron chi connectivity index (χ2n) is 4.39. The second-order valence-corrected chi connectivity index (χ2v) is 5.92. The van der Waals surface area contributed by atoms with Crippen LogP contribution in [0.4, 0.5) is 11.4 Å². The molecule has 4 N–H and O–H groups in total. The minimum absolute atomic E-state index is 0.0544. The van der Waals surface area contributed by atoms with Crippen LogP contribution in [0.15, 0.2) is 45.9 Å². The minimum Gasteiger partial charge on any atom is -0.467 e. The van der Waals surface area contributed by atoms with Gasteiger partial charge >= 0.3 is 0 Å². The Bertz CT molecular complexity index is 772. The zero-order valence-corrected chi connectivity index (χ0v) is 12.0. The zero-order chi connectivity index (χ0) is 16.3. The highest BCUT2D eigenvalue weighted by Gasteiger charge is 2.20. The lowest BCUT2D eigenvalue weighted by molar-refractivity contribution is -0.385. The molecule has 1 aromatic carbocycles. The van der Waals surface area contributed by atoms with Gasteiger partial charge in [0, 0.05) is 18.7 Å². The summed E-state index contributed by atoms with van der Waals surface area (Å²) in [5, 5.41) is 28.3. The number of nitrogens with two attached hydrogens (primary N) is 1. The highest BCUT2D eigenvalue weighted by atomic mass is 32.2. The molecule has 0 radical (unpaired) electrons. The molecule has 9 nitrogen and oxygen atoms in total. The van der Waals surface area contributed by atoms with Crippen molar-refractivity contribution in [2.24, 2.45) is 5.14 Å². The largest absolute Gasteiger partial charge is 0.467 e. The van der Waals surface area contributed by atoms with E-state index in [-0.39, 0.29) is 12.2 Å². The Labute approximate surface area is 125 Å². The molecule has 1 unspecified atom stereocenters. The highest BCUT2D eigenvalue weighted by molar-refractivity contribution is 7.89. The first kappa shape index (κ1) is 15.9. The molecule has 2 aromatic rings.